The van der Waals surface area contributed by atoms with Gasteiger partial charge in [0, 0.05) is 24.8 Å². The van der Waals surface area contributed by atoms with Gasteiger partial charge in [0.2, 0.25) is 0 Å². The first-order valence-corrected chi connectivity index (χ1v) is 6.69. The van der Waals surface area contributed by atoms with Gasteiger partial charge in [0.15, 0.2) is 6.61 Å². The van der Waals surface area contributed by atoms with Crippen LogP contribution in [0.15, 0.2) is 24.3 Å². The first-order valence-electron chi connectivity index (χ1n) is 6.69. The number of rotatable bonds is 9. The Hall–Kier alpha value is -1.75. The molecule has 0 heterocycles. The number of ether oxygens (including phenoxy) is 1. The smallest absolute Gasteiger partial charge is 0.257 e. The minimum atomic E-state index is -0.0941. The molecule has 0 saturated heterocycles. The van der Waals surface area contributed by atoms with E-state index in [1.54, 1.807) is 0 Å². The van der Waals surface area contributed by atoms with Gasteiger partial charge in [-0.3, -0.25) is 4.79 Å². The highest BCUT2D eigenvalue weighted by Gasteiger charge is 2.02. The molecule has 0 fully saturated rings. The first kappa shape index (κ1) is 15.3. The van der Waals surface area contributed by atoms with E-state index in [9.17, 15) is 4.79 Å². The lowest BCUT2D eigenvalue weighted by Crippen LogP contribution is -2.29. The van der Waals surface area contributed by atoms with Gasteiger partial charge >= 0.3 is 0 Å². The Morgan fingerprint density at radius 3 is 2.95 bits per heavy atom. The zero-order valence-corrected chi connectivity index (χ0v) is 11.4. The van der Waals surface area contributed by atoms with Crippen LogP contribution >= 0.6 is 0 Å². The second-order valence-corrected chi connectivity index (χ2v) is 4.24. The molecule has 4 N–H and O–H groups in total. The largest absolute Gasteiger partial charge is 0.484 e. The van der Waals surface area contributed by atoms with Crippen LogP contribution in [0.5, 0.6) is 5.75 Å². The molecule has 0 bridgehead atoms. The molecule has 0 radical (unpaired) electrons. The van der Waals surface area contributed by atoms with E-state index >= 15 is 0 Å². The number of carbonyl (C=O) groups is 1. The van der Waals surface area contributed by atoms with Gasteiger partial charge < -0.3 is 21.1 Å². The van der Waals surface area contributed by atoms with Crippen molar-refractivity contribution in [1.29, 1.82) is 0 Å². The van der Waals surface area contributed by atoms with Gasteiger partial charge in [0.25, 0.3) is 5.91 Å². The van der Waals surface area contributed by atoms with Crippen molar-refractivity contribution < 1.29 is 9.53 Å². The molecule has 0 aromatic heterocycles. The molecular weight excluding hydrogens is 242 g/mol. The van der Waals surface area contributed by atoms with Crippen LogP contribution < -0.4 is 21.1 Å². The van der Waals surface area contributed by atoms with Gasteiger partial charge in [-0.15, -0.1) is 0 Å². The number of nitrogens with two attached hydrogens (primary N) is 1. The summed E-state index contributed by atoms with van der Waals surface area (Å²) in [6.45, 7) is 4.24. The second kappa shape index (κ2) is 9.22. The Labute approximate surface area is 114 Å². The van der Waals surface area contributed by atoms with Crippen LogP contribution in [-0.2, 0) is 4.79 Å². The molecule has 5 heteroatoms. The third kappa shape index (κ3) is 6.67. The van der Waals surface area contributed by atoms with Crippen molar-refractivity contribution in [2.45, 2.75) is 19.8 Å². The Kier molecular flexibility index (Phi) is 7.43. The molecule has 106 valence electrons. The third-order valence-corrected chi connectivity index (χ3v) is 2.49. The summed E-state index contributed by atoms with van der Waals surface area (Å²) in [7, 11) is 0. The first-order chi connectivity index (χ1) is 9.26. The molecule has 0 aliphatic heterocycles. The summed E-state index contributed by atoms with van der Waals surface area (Å²) in [5.41, 5.74) is 6.41. The maximum atomic E-state index is 11.4. The third-order valence-electron chi connectivity index (χ3n) is 2.49. The zero-order valence-electron chi connectivity index (χ0n) is 11.4. The van der Waals surface area contributed by atoms with Crippen LogP contribution in [0, 0.1) is 0 Å². The van der Waals surface area contributed by atoms with Crippen LogP contribution in [-0.4, -0.2) is 32.1 Å². The number of nitrogens with one attached hydrogen (secondary N) is 2. The number of amides is 1. The quantitative estimate of drug-likeness (QED) is 0.589. The topological polar surface area (TPSA) is 76.4 Å². The van der Waals surface area contributed by atoms with Crippen molar-refractivity contribution in [2.75, 3.05) is 31.6 Å². The lowest BCUT2D eigenvalue weighted by atomic mass is 10.3. The van der Waals surface area contributed by atoms with Gasteiger partial charge in [0.1, 0.15) is 5.75 Å². The molecule has 0 aliphatic carbocycles. The predicted octanol–water partition coefficient (Wildman–Crippen LogP) is 1.35. The van der Waals surface area contributed by atoms with E-state index in [0.717, 1.165) is 25.1 Å². The van der Waals surface area contributed by atoms with Crippen LogP contribution in [0.2, 0.25) is 0 Å². The van der Waals surface area contributed by atoms with E-state index in [4.69, 9.17) is 10.5 Å². The van der Waals surface area contributed by atoms with E-state index < -0.39 is 0 Å². The van der Waals surface area contributed by atoms with Crippen LogP contribution in [0.25, 0.3) is 0 Å². The fraction of sp³-hybridized carbons (Fsp3) is 0.500. The van der Waals surface area contributed by atoms with Crippen LogP contribution in [0.1, 0.15) is 19.8 Å². The van der Waals surface area contributed by atoms with Crippen LogP contribution in [0.3, 0.4) is 0 Å². The molecule has 1 amide bonds. The highest BCUT2D eigenvalue weighted by Crippen LogP contribution is 2.17. The highest BCUT2D eigenvalue weighted by atomic mass is 16.5. The normalized spacial score (nSPS) is 10.0. The molecule has 0 atom stereocenters. The number of benzene rings is 1. The van der Waals surface area contributed by atoms with Gasteiger partial charge in [-0.25, -0.2) is 0 Å². The Morgan fingerprint density at radius 1 is 1.37 bits per heavy atom. The van der Waals surface area contributed by atoms with E-state index in [2.05, 4.69) is 10.6 Å². The SMILES string of the molecule is CCCNC(=O)COc1cccc(NCCCN)c1. The Bertz CT molecular complexity index is 383. The molecule has 1 rings (SSSR count). The monoisotopic (exact) mass is 265 g/mol. The number of anilines is 1. The summed E-state index contributed by atoms with van der Waals surface area (Å²) in [5, 5.41) is 6.01. The molecule has 19 heavy (non-hydrogen) atoms. The van der Waals surface area contributed by atoms with Crippen molar-refractivity contribution in [2.24, 2.45) is 5.73 Å². The summed E-state index contributed by atoms with van der Waals surface area (Å²) >= 11 is 0. The average Bonchev–Trinajstić information content (AvgIpc) is 2.44. The van der Waals surface area contributed by atoms with E-state index in [-0.39, 0.29) is 12.5 Å². The van der Waals surface area contributed by atoms with Crippen molar-refractivity contribution in [3.05, 3.63) is 24.3 Å². The minimum absolute atomic E-state index is 0.0479. The molecule has 1 aromatic rings. The molecule has 0 aliphatic rings. The standard InChI is InChI=1S/C14H23N3O2/c1-2-8-17-14(18)11-19-13-6-3-5-12(10-13)16-9-4-7-15/h3,5-6,10,16H,2,4,7-9,11,15H2,1H3,(H,17,18). The Balaban J connectivity index is 2.37. The minimum Gasteiger partial charge on any atom is -0.484 e. The van der Waals surface area contributed by atoms with E-state index in [1.807, 2.05) is 31.2 Å². The summed E-state index contributed by atoms with van der Waals surface area (Å²) in [6, 6.07) is 7.56. The number of hydrogen-bond acceptors (Lipinski definition) is 4. The van der Waals surface area contributed by atoms with Crippen LogP contribution in [0.4, 0.5) is 5.69 Å². The average molecular weight is 265 g/mol. The predicted molar refractivity (Wildman–Crippen MR) is 77.4 cm³/mol. The Morgan fingerprint density at radius 2 is 2.21 bits per heavy atom. The summed E-state index contributed by atoms with van der Waals surface area (Å²) < 4.78 is 5.44. The zero-order chi connectivity index (χ0) is 13.9. The van der Waals surface area contributed by atoms with Gasteiger partial charge in [0.05, 0.1) is 0 Å². The summed E-state index contributed by atoms with van der Waals surface area (Å²) in [4.78, 5) is 11.4. The van der Waals surface area contributed by atoms with Crippen molar-refractivity contribution in [3.63, 3.8) is 0 Å². The highest BCUT2D eigenvalue weighted by molar-refractivity contribution is 5.77. The summed E-state index contributed by atoms with van der Waals surface area (Å²) in [6.07, 6.45) is 1.84. The fourth-order valence-electron chi connectivity index (χ4n) is 1.49. The summed E-state index contributed by atoms with van der Waals surface area (Å²) in [5.74, 6) is 0.591. The van der Waals surface area contributed by atoms with E-state index in [1.165, 1.54) is 0 Å². The molecular formula is C14H23N3O2. The van der Waals surface area contributed by atoms with Gasteiger partial charge in [-0.2, -0.15) is 0 Å². The molecule has 0 spiro atoms. The molecule has 5 nitrogen and oxygen atoms in total. The fourth-order valence-corrected chi connectivity index (χ4v) is 1.49. The maximum absolute atomic E-state index is 11.4. The second-order valence-electron chi connectivity index (χ2n) is 4.24. The van der Waals surface area contributed by atoms with Crippen molar-refractivity contribution >= 4 is 11.6 Å². The maximum Gasteiger partial charge on any atom is 0.257 e. The molecule has 0 saturated carbocycles. The van der Waals surface area contributed by atoms with E-state index in [0.29, 0.717) is 18.8 Å². The molecule has 0 unspecified atom stereocenters. The lowest BCUT2D eigenvalue weighted by molar-refractivity contribution is -0.123. The molecule has 1 aromatic carbocycles. The number of carbonyl (C=O) groups excluding carboxylic acids is 1. The van der Waals surface area contributed by atoms with Crippen molar-refractivity contribution in [3.8, 4) is 5.75 Å². The van der Waals surface area contributed by atoms with Gasteiger partial charge in [-0.05, 0) is 31.5 Å². The lowest BCUT2D eigenvalue weighted by Gasteiger charge is -2.09. The van der Waals surface area contributed by atoms with Crippen molar-refractivity contribution in [1.82, 2.24) is 5.32 Å². The number of hydrogen-bond donors (Lipinski definition) is 3. The van der Waals surface area contributed by atoms with Gasteiger partial charge in [-0.1, -0.05) is 13.0 Å².